The van der Waals surface area contributed by atoms with Crippen LogP contribution in [0.1, 0.15) is 48.8 Å². The second-order valence-corrected chi connectivity index (χ2v) is 15.1. The van der Waals surface area contributed by atoms with E-state index in [1.807, 2.05) is 61.5 Å². The van der Waals surface area contributed by atoms with Crippen LogP contribution in [0.3, 0.4) is 0 Å². The van der Waals surface area contributed by atoms with E-state index in [1.165, 1.54) is 17.0 Å². The number of hydrogen-bond donors (Lipinski definition) is 1. The number of rotatable bonds is 12. The number of benzene rings is 4. The lowest BCUT2D eigenvalue weighted by Gasteiger charge is -2.35. The van der Waals surface area contributed by atoms with Gasteiger partial charge in [0.2, 0.25) is 11.8 Å². The molecular weight excluding hydrogens is 698 g/mol. The van der Waals surface area contributed by atoms with Gasteiger partial charge in [0, 0.05) is 28.5 Å². The summed E-state index contributed by atoms with van der Waals surface area (Å²) in [4.78, 5) is 30.4. The number of nitrogens with one attached hydrogen (secondary N) is 1. The van der Waals surface area contributed by atoms with E-state index in [2.05, 4.69) is 21.2 Å². The summed E-state index contributed by atoms with van der Waals surface area (Å²) in [5.74, 6) is -0.758. The minimum Gasteiger partial charge on any atom is -0.352 e. The van der Waals surface area contributed by atoms with Gasteiger partial charge in [-0.05, 0) is 72.9 Å². The first kappa shape index (κ1) is 34.7. The highest BCUT2D eigenvalue weighted by molar-refractivity contribution is 9.10. The van der Waals surface area contributed by atoms with Crippen LogP contribution in [0.2, 0.25) is 5.02 Å². The SMILES string of the molecule is Cc1ccc(N(CC(=O)N(Cc2ccc(Br)cc2)[C@@H](Cc2ccccc2)C(=O)NC2CCCCC2)S(=O)(=O)c2ccccc2)cc1Cl. The molecule has 1 N–H and O–H groups in total. The van der Waals surface area contributed by atoms with Crippen LogP contribution in [0, 0.1) is 6.92 Å². The molecule has 10 heteroatoms. The minimum absolute atomic E-state index is 0.0313. The van der Waals surface area contributed by atoms with E-state index >= 15 is 0 Å². The van der Waals surface area contributed by atoms with Crippen molar-refractivity contribution < 1.29 is 18.0 Å². The van der Waals surface area contributed by atoms with Gasteiger partial charge in [-0.15, -0.1) is 0 Å². The molecule has 1 fully saturated rings. The first-order valence-corrected chi connectivity index (χ1v) is 18.4. The molecule has 0 saturated heterocycles. The maximum atomic E-state index is 14.7. The molecule has 0 bridgehead atoms. The average molecular weight is 737 g/mol. The third-order valence-electron chi connectivity index (χ3n) is 8.54. The maximum absolute atomic E-state index is 14.7. The Morgan fingerprint density at radius 1 is 0.872 bits per heavy atom. The minimum atomic E-state index is -4.20. The Kier molecular flexibility index (Phi) is 11.8. The van der Waals surface area contributed by atoms with Gasteiger partial charge in [0.1, 0.15) is 12.6 Å². The van der Waals surface area contributed by atoms with Crippen molar-refractivity contribution >= 4 is 55.1 Å². The zero-order valence-electron chi connectivity index (χ0n) is 26.3. The standard InChI is InChI=1S/C37H39BrClN3O4S/c1-27-17-22-32(24-34(27)39)42(47(45,46)33-15-9-4-10-16-33)26-36(43)41(25-29-18-20-30(38)21-19-29)35(23-28-11-5-2-6-12-28)37(44)40-31-13-7-3-8-14-31/h2,4-6,9-12,15-22,24,31,35H,3,7-8,13-14,23,25-26H2,1H3,(H,40,44)/t35-/m0/s1. The quantitative estimate of drug-likeness (QED) is 0.162. The van der Waals surface area contributed by atoms with Crippen molar-refractivity contribution in [2.75, 3.05) is 10.8 Å². The second kappa shape index (κ2) is 16.0. The van der Waals surface area contributed by atoms with Crippen LogP contribution in [0.5, 0.6) is 0 Å². The Morgan fingerprint density at radius 3 is 2.15 bits per heavy atom. The first-order valence-electron chi connectivity index (χ1n) is 15.8. The summed E-state index contributed by atoms with van der Waals surface area (Å²) in [5, 5.41) is 3.61. The zero-order chi connectivity index (χ0) is 33.4. The Labute approximate surface area is 291 Å². The smallest absolute Gasteiger partial charge is 0.264 e. The maximum Gasteiger partial charge on any atom is 0.264 e. The monoisotopic (exact) mass is 735 g/mol. The van der Waals surface area contributed by atoms with Crippen molar-refractivity contribution in [3.8, 4) is 0 Å². The van der Waals surface area contributed by atoms with E-state index in [0.29, 0.717) is 5.02 Å². The fraction of sp³-hybridized carbons (Fsp3) is 0.297. The third kappa shape index (κ3) is 9.03. The first-order chi connectivity index (χ1) is 22.6. The van der Waals surface area contributed by atoms with E-state index in [1.54, 1.807) is 36.4 Å². The highest BCUT2D eigenvalue weighted by atomic mass is 79.9. The molecule has 0 aliphatic heterocycles. The summed E-state index contributed by atoms with van der Waals surface area (Å²) in [7, 11) is -4.20. The normalized spacial score (nSPS) is 14.3. The van der Waals surface area contributed by atoms with E-state index in [9.17, 15) is 18.0 Å². The summed E-state index contributed by atoms with van der Waals surface area (Å²) >= 11 is 9.95. The van der Waals surface area contributed by atoms with Gasteiger partial charge in [-0.2, -0.15) is 0 Å². The van der Waals surface area contributed by atoms with Crippen molar-refractivity contribution in [1.82, 2.24) is 10.2 Å². The Hall–Kier alpha value is -3.66. The molecule has 47 heavy (non-hydrogen) atoms. The number of amides is 2. The molecule has 0 unspecified atom stereocenters. The molecule has 0 radical (unpaired) electrons. The molecule has 1 saturated carbocycles. The number of hydrogen-bond acceptors (Lipinski definition) is 4. The molecule has 1 aliphatic carbocycles. The van der Waals surface area contributed by atoms with Gasteiger partial charge >= 0.3 is 0 Å². The summed E-state index contributed by atoms with van der Waals surface area (Å²) in [6, 6.07) is 29.2. The van der Waals surface area contributed by atoms with Gasteiger partial charge in [0.25, 0.3) is 10.0 Å². The van der Waals surface area contributed by atoms with Crippen LogP contribution >= 0.6 is 27.5 Å². The Balaban J connectivity index is 1.56. The molecule has 5 rings (SSSR count). The van der Waals surface area contributed by atoms with Crippen LogP contribution in [-0.4, -0.2) is 43.8 Å². The lowest BCUT2D eigenvalue weighted by molar-refractivity contribution is -0.140. The molecule has 4 aromatic carbocycles. The van der Waals surface area contributed by atoms with Crippen LogP contribution in [-0.2, 0) is 32.6 Å². The van der Waals surface area contributed by atoms with Gasteiger partial charge < -0.3 is 10.2 Å². The number of anilines is 1. The average Bonchev–Trinajstić information content (AvgIpc) is 3.08. The van der Waals surface area contributed by atoms with Gasteiger partial charge in [0.05, 0.1) is 10.6 Å². The van der Waals surface area contributed by atoms with Gasteiger partial charge in [-0.1, -0.05) is 114 Å². The van der Waals surface area contributed by atoms with Crippen LogP contribution in [0.25, 0.3) is 0 Å². The predicted octanol–water partition coefficient (Wildman–Crippen LogP) is 7.70. The summed E-state index contributed by atoms with van der Waals surface area (Å²) in [6.45, 7) is 1.40. The molecular formula is C37H39BrClN3O4S. The van der Waals surface area contributed by atoms with Crippen molar-refractivity contribution in [3.05, 3.63) is 129 Å². The lowest BCUT2D eigenvalue weighted by Crippen LogP contribution is -2.55. The molecule has 1 atom stereocenters. The number of halogens is 2. The van der Waals surface area contributed by atoms with E-state index in [4.69, 9.17) is 11.6 Å². The number of sulfonamides is 1. The third-order valence-corrected chi connectivity index (χ3v) is 11.3. The van der Waals surface area contributed by atoms with Crippen molar-refractivity contribution in [2.24, 2.45) is 0 Å². The second-order valence-electron chi connectivity index (χ2n) is 12.0. The van der Waals surface area contributed by atoms with Crippen LogP contribution in [0.15, 0.2) is 112 Å². The molecule has 2 amide bonds. The largest absolute Gasteiger partial charge is 0.352 e. The van der Waals surface area contributed by atoms with E-state index in [0.717, 1.165) is 57.6 Å². The Bertz CT molecular complexity index is 1770. The summed E-state index contributed by atoms with van der Waals surface area (Å²) < 4.78 is 30.3. The fourth-order valence-electron chi connectivity index (χ4n) is 5.87. The highest BCUT2D eigenvalue weighted by Gasteiger charge is 2.35. The Morgan fingerprint density at radius 2 is 1.51 bits per heavy atom. The van der Waals surface area contributed by atoms with Crippen molar-refractivity contribution in [3.63, 3.8) is 0 Å². The molecule has 4 aromatic rings. The van der Waals surface area contributed by atoms with E-state index < -0.39 is 28.5 Å². The van der Waals surface area contributed by atoms with Crippen molar-refractivity contribution in [1.29, 1.82) is 0 Å². The molecule has 0 aromatic heterocycles. The number of aryl methyl sites for hydroxylation is 1. The number of carbonyl (C=O) groups is 2. The number of carbonyl (C=O) groups excluding carboxylic acids is 2. The lowest BCUT2D eigenvalue weighted by atomic mass is 9.94. The number of nitrogens with zero attached hydrogens (tertiary/aromatic N) is 2. The molecule has 246 valence electrons. The zero-order valence-corrected chi connectivity index (χ0v) is 29.5. The highest BCUT2D eigenvalue weighted by Crippen LogP contribution is 2.29. The van der Waals surface area contributed by atoms with Gasteiger partial charge in [-0.25, -0.2) is 8.42 Å². The fourth-order valence-corrected chi connectivity index (χ4v) is 7.74. The van der Waals surface area contributed by atoms with Gasteiger partial charge in [-0.3, -0.25) is 13.9 Å². The summed E-state index contributed by atoms with van der Waals surface area (Å²) in [5.41, 5.74) is 2.73. The molecule has 7 nitrogen and oxygen atoms in total. The van der Waals surface area contributed by atoms with Gasteiger partial charge in [0.15, 0.2) is 0 Å². The predicted molar refractivity (Wildman–Crippen MR) is 191 cm³/mol. The molecule has 0 heterocycles. The topological polar surface area (TPSA) is 86.8 Å². The van der Waals surface area contributed by atoms with Crippen LogP contribution in [0.4, 0.5) is 5.69 Å². The van der Waals surface area contributed by atoms with Crippen molar-refractivity contribution in [2.45, 2.75) is 69.0 Å². The molecule has 0 spiro atoms. The molecule has 1 aliphatic rings. The van der Waals surface area contributed by atoms with Crippen LogP contribution < -0.4 is 9.62 Å². The summed E-state index contributed by atoms with van der Waals surface area (Å²) in [6.07, 6.45) is 5.28. The van der Waals surface area contributed by atoms with E-state index in [-0.39, 0.29) is 35.5 Å².